The largest absolute Gasteiger partial charge is 0.510 e. The number of carbonyl (C=O) groups excluding carboxylic acids is 4. The van der Waals surface area contributed by atoms with Crippen molar-refractivity contribution in [2.24, 2.45) is 17.6 Å². The highest BCUT2D eigenvalue weighted by Crippen LogP contribution is 2.52. The summed E-state index contributed by atoms with van der Waals surface area (Å²) in [6.07, 6.45) is 0.605. The van der Waals surface area contributed by atoms with E-state index in [0.29, 0.717) is 17.3 Å². The van der Waals surface area contributed by atoms with Crippen molar-refractivity contribution >= 4 is 37.1 Å². The van der Waals surface area contributed by atoms with Gasteiger partial charge in [0.05, 0.1) is 17.2 Å². The summed E-state index contributed by atoms with van der Waals surface area (Å²) in [5, 5.41) is 43.9. The lowest BCUT2D eigenvalue weighted by molar-refractivity contribution is -0.148. The molecule has 4 rings (SSSR count). The Balaban J connectivity index is 1.99. The van der Waals surface area contributed by atoms with Crippen LogP contribution in [-0.4, -0.2) is 82.7 Å². The van der Waals surface area contributed by atoms with Crippen molar-refractivity contribution in [3.63, 3.8) is 0 Å². The second-order valence-electron chi connectivity index (χ2n) is 9.07. The summed E-state index contributed by atoms with van der Waals surface area (Å²) in [5.41, 5.74) is 2.32. The molecule has 11 heteroatoms. The lowest BCUT2D eigenvalue weighted by atomic mass is 9.58. The molecule has 172 valence electrons. The van der Waals surface area contributed by atoms with E-state index >= 15 is 0 Å². The first-order chi connectivity index (χ1) is 15.4. The highest BCUT2D eigenvalue weighted by Gasteiger charge is 2.63. The lowest BCUT2D eigenvalue weighted by Gasteiger charge is -2.50. The molecule has 10 nitrogen and oxygen atoms in total. The number of aliphatic hydroxyl groups is 3. The van der Waals surface area contributed by atoms with Gasteiger partial charge in [-0.3, -0.25) is 24.1 Å². The van der Waals surface area contributed by atoms with Crippen LogP contribution in [0.4, 0.5) is 0 Å². The van der Waals surface area contributed by atoms with Gasteiger partial charge in [-0.25, -0.2) is 0 Å². The van der Waals surface area contributed by atoms with E-state index in [4.69, 9.17) is 5.73 Å². The number of phenols is 1. The quantitative estimate of drug-likeness (QED) is 0.200. The van der Waals surface area contributed by atoms with Crippen molar-refractivity contribution in [2.75, 3.05) is 14.1 Å². The van der Waals surface area contributed by atoms with Crippen LogP contribution < -0.4 is 11.2 Å². The topological polar surface area (TPSA) is 178 Å². The van der Waals surface area contributed by atoms with Crippen LogP contribution in [0, 0.1) is 11.8 Å². The Kier molecular flexibility index (Phi) is 5.03. The highest BCUT2D eigenvalue weighted by molar-refractivity contribution is 6.35. The number of ketones is 2. The number of primary amides is 1. The van der Waals surface area contributed by atoms with E-state index in [-0.39, 0.29) is 29.5 Å². The van der Waals surface area contributed by atoms with Crippen molar-refractivity contribution in [1.29, 1.82) is 0 Å². The second-order valence-corrected chi connectivity index (χ2v) is 9.07. The van der Waals surface area contributed by atoms with Crippen molar-refractivity contribution in [3.8, 4) is 5.75 Å². The van der Waals surface area contributed by atoms with Crippen LogP contribution in [0.25, 0.3) is 0 Å². The maximum absolute atomic E-state index is 13.4. The number of rotatable bonds is 3. The van der Waals surface area contributed by atoms with Gasteiger partial charge in [-0.05, 0) is 38.4 Å². The number of aldehydes is 1. The Labute approximate surface area is 189 Å². The molecule has 0 radical (unpaired) electrons. The average Bonchev–Trinajstić information content (AvgIpc) is 2.72. The van der Waals surface area contributed by atoms with Gasteiger partial charge in [0.2, 0.25) is 5.78 Å². The van der Waals surface area contributed by atoms with Gasteiger partial charge in [-0.2, -0.15) is 0 Å². The molecule has 0 bridgehead atoms. The molecule has 4 atom stereocenters. The number of Topliss-reactive ketones (excluding diaryl/α,β-unsaturated/α-hetero) is 2. The predicted octanol–water partition coefficient (Wildman–Crippen LogP) is -1.81. The summed E-state index contributed by atoms with van der Waals surface area (Å²) in [7, 11) is 4.82. The Morgan fingerprint density at radius 2 is 1.91 bits per heavy atom. The number of hydrogen-bond donors (Lipinski definition) is 5. The van der Waals surface area contributed by atoms with Crippen LogP contribution in [0.1, 0.15) is 32.7 Å². The number of hydrogen-bond acceptors (Lipinski definition) is 9. The van der Waals surface area contributed by atoms with E-state index in [9.17, 15) is 39.6 Å². The summed E-state index contributed by atoms with van der Waals surface area (Å²) in [5.74, 6) is -7.20. The lowest BCUT2D eigenvalue weighted by Crippen LogP contribution is -2.63. The number of benzene rings is 1. The minimum absolute atomic E-state index is 0.0153. The van der Waals surface area contributed by atoms with E-state index < -0.39 is 63.8 Å². The number of phenolic OH excluding ortho intramolecular Hbond substituents is 1. The molecule has 0 heterocycles. The highest BCUT2D eigenvalue weighted by atomic mass is 16.3. The van der Waals surface area contributed by atoms with Gasteiger partial charge in [-0.1, -0.05) is 11.5 Å². The molecular formula is C22H23BN2O8. The molecule has 0 saturated heterocycles. The number of nitrogens with zero attached hydrogens (tertiary/aromatic N) is 1. The van der Waals surface area contributed by atoms with E-state index in [0.717, 1.165) is 0 Å². The normalized spacial score (nSPS) is 29.0. The number of nitrogens with two attached hydrogens (primary N) is 1. The molecule has 0 unspecified atom stereocenters. The standard InChI is InChI=1S/C22H23BN2O8/c1-25(2)15-10-4-7-3-9-11(23)5-8(6-26)16(27)13(9)17(28)12(7)19(30)22(10,33)20(31)14(18(15)29)21(24)32/h5-7,10,15,27,29-30,33H,3-4,23H2,1-2H3,(H2,24,32)/t7-,10-,15-,22-/m0/s1. The number of fused-ring (bicyclic) bond motifs is 3. The first kappa shape index (κ1) is 22.7. The molecule has 0 spiro atoms. The molecule has 0 saturated carbocycles. The number of amides is 1. The van der Waals surface area contributed by atoms with Crippen molar-refractivity contribution in [3.05, 3.63) is 45.4 Å². The van der Waals surface area contributed by atoms with Gasteiger partial charge >= 0.3 is 0 Å². The summed E-state index contributed by atoms with van der Waals surface area (Å²) >= 11 is 0. The number of aromatic hydroxyl groups is 1. The first-order valence-corrected chi connectivity index (χ1v) is 10.3. The molecule has 3 aliphatic rings. The molecule has 1 aromatic rings. The summed E-state index contributed by atoms with van der Waals surface area (Å²) in [4.78, 5) is 51.4. The number of allylic oxidation sites excluding steroid dienone is 1. The predicted molar refractivity (Wildman–Crippen MR) is 117 cm³/mol. The van der Waals surface area contributed by atoms with E-state index in [1.807, 2.05) is 0 Å². The number of carbonyl (C=O) groups is 4. The maximum Gasteiger partial charge on any atom is 0.255 e. The molecule has 0 aromatic heterocycles. The molecule has 1 aromatic carbocycles. The zero-order valence-corrected chi connectivity index (χ0v) is 18.2. The molecule has 0 aliphatic heterocycles. The van der Waals surface area contributed by atoms with Gasteiger partial charge in [0.15, 0.2) is 17.7 Å². The Bertz CT molecular complexity index is 1220. The molecule has 1 amide bonds. The second kappa shape index (κ2) is 7.29. The average molecular weight is 454 g/mol. The van der Waals surface area contributed by atoms with Crippen LogP contribution in [0.15, 0.2) is 28.7 Å². The van der Waals surface area contributed by atoms with Gasteiger partial charge in [0.25, 0.3) is 5.91 Å². The van der Waals surface area contributed by atoms with Gasteiger partial charge in [0.1, 0.15) is 30.7 Å². The van der Waals surface area contributed by atoms with Crippen LogP contribution in [0.3, 0.4) is 0 Å². The Morgan fingerprint density at radius 1 is 1.27 bits per heavy atom. The van der Waals surface area contributed by atoms with Crippen molar-refractivity contribution in [1.82, 2.24) is 4.90 Å². The fourth-order valence-corrected chi connectivity index (χ4v) is 5.62. The fraction of sp³-hybridized carbons (Fsp3) is 0.364. The van der Waals surface area contributed by atoms with Crippen molar-refractivity contribution in [2.45, 2.75) is 24.5 Å². The first-order valence-electron chi connectivity index (χ1n) is 10.3. The van der Waals surface area contributed by atoms with Crippen LogP contribution in [0.5, 0.6) is 5.75 Å². The summed E-state index contributed by atoms with van der Waals surface area (Å²) in [6.45, 7) is 0. The third-order valence-electron chi connectivity index (χ3n) is 7.10. The Hall–Kier alpha value is -3.44. The van der Waals surface area contributed by atoms with Crippen LogP contribution in [-0.2, 0) is 16.0 Å². The molecule has 6 N–H and O–H groups in total. The van der Waals surface area contributed by atoms with E-state index in [2.05, 4.69) is 0 Å². The molecule has 0 fully saturated rings. The molecule has 3 aliphatic carbocycles. The van der Waals surface area contributed by atoms with E-state index in [1.54, 1.807) is 21.9 Å². The van der Waals surface area contributed by atoms with Gasteiger partial charge in [-0.15, -0.1) is 0 Å². The maximum atomic E-state index is 13.4. The van der Waals surface area contributed by atoms with E-state index in [1.165, 1.54) is 11.0 Å². The number of likely N-dealkylation sites (N-methyl/N-ethyl adjacent to an activating group) is 1. The monoisotopic (exact) mass is 454 g/mol. The zero-order valence-electron chi connectivity index (χ0n) is 18.2. The van der Waals surface area contributed by atoms with Crippen LogP contribution >= 0.6 is 0 Å². The van der Waals surface area contributed by atoms with Crippen LogP contribution in [0.2, 0.25) is 0 Å². The van der Waals surface area contributed by atoms with Gasteiger partial charge < -0.3 is 26.2 Å². The summed E-state index contributed by atoms with van der Waals surface area (Å²) < 4.78 is 0. The fourth-order valence-electron chi connectivity index (χ4n) is 5.62. The summed E-state index contributed by atoms with van der Waals surface area (Å²) in [6, 6.07) is 0.421. The molecule has 33 heavy (non-hydrogen) atoms. The molecular weight excluding hydrogens is 431 g/mol. The smallest absolute Gasteiger partial charge is 0.255 e. The minimum Gasteiger partial charge on any atom is -0.510 e. The zero-order chi connectivity index (χ0) is 24.6. The third-order valence-corrected chi connectivity index (χ3v) is 7.10. The minimum atomic E-state index is -2.68. The number of aliphatic hydroxyl groups excluding tert-OH is 2. The third kappa shape index (κ3) is 2.82. The van der Waals surface area contributed by atoms with Crippen molar-refractivity contribution < 1.29 is 39.6 Å². The van der Waals surface area contributed by atoms with Gasteiger partial charge in [0, 0.05) is 11.5 Å². The Morgan fingerprint density at radius 3 is 2.45 bits per heavy atom. The SMILES string of the molecule is Bc1cc(C=O)c(O)c2c1C[C@H]1C[C@H]3[C@H](N(C)C)C(O)=C(C(N)=O)C(=O)[C@@]3(O)C(O)=C1C2=O.